The molecule has 0 aromatic heterocycles. The molecule has 4 heteroatoms. The van der Waals surface area contributed by atoms with Crippen LogP contribution >= 0.6 is 0 Å². The van der Waals surface area contributed by atoms with Gasteiger partial charge in [0, 0.05) is 6.54 Å². The van der Waals surface area contributed by atoms with E-state index < -0.39 is 5.54 Å². The summed E-state index contributed by atoms with van der Waals surface area (Å²) < 4.78 is 0. The Morgan fingerprint density at radius 3 is 2.54 bits per heavy atom. The Morgan fingerprint density at radius 1 is 1.25 bits per heavy atom. The Bertz CT molecular complexity index is 763. The fraction of sp³-hybridized carbons (Fsp3) is 0.400. The van der Waals surface area contributed by atoms with Crippen molar-refractivity contribution >= 4 is 16.7 Å². The van der Waals surface area contributed by atoms with Gasteiger partial charge in [-0.3, -0.25) is 9.69 Å². The number of rotatable bonds is 6. The summed E-state index contributed by atoms with van der Waals surface area (Å²) in [7, 11) is 1.91. The number of likely N-dealkylation sites (N-methyl/N-ethyl adjacent to an activating group) is 1. The van der Waals surface area contributed by atoms with Crippen LogP contribution in [-0.4, -0.2) is 29.9 Å². The predicted octanol–water partition coefficient (Wildman–Crippen LogP) is 3.33. The van der Waals surface area contributed by atoms with Crippen molar-refractivity contribution in [3.63, 3.8) is 0 Å². The van der Waals surface area contributed by atoms with Gasteiger partial charge in [0.2, 0.25) is 5.91 Å². The van der Waals surface area contributed by atoms with Crippen molar-refractivity contribution in [3.05, 3.63) is 48.0 Å². The summed E-state index contributed by atoms with van der Waals surface area (Å²) in [4.78, 5) is 14.2. The van der Waals surface area contributed by atoms with Gasteiger partial charge in [0.25, 0.3) is 0 Å². The van der Waals surface area contributed by atoms with Crippen LogP contribution < -0.4 is 5.32 Å². The van der Waals surface area contributed by atoms with Crippen LogP contribution in [0.3, 0.4) is 0 Å². The molecule has 0 saturated carbocycles. The summed E-state index contributed by atoms with van der Waals surface area (Å²) in [5.74, 6) is -0.0757. The second-order valence-electron chi connectivity index (χ2n) is 6.87. The molecule has 2 aromatic carbocycles. The Labute approximate surface area is 144 Å². The van der Waals surface area contributed by atoms with Gasteiger partial charge in [0.05, 0.1) is 12.6 Å². The molecule has 0 heterocycles. The van der Waals surface area contributed by atoms with Crippen LogP contribution in [0.1, 0.15) is 26.3 Å². The van der Waals surface area contributed by atoms with Gasteiger partial charge in [-0.2, -0.15) is 5.26 Å². The van der Waals surface area contributed by atoms with Gasteiger partial charge in [-0.25, -0.2) is 0 Å². The molecule has 0 unspecified atom stereocenters. The highest BCUT2D eigenvalue weighted by atomic mass is 16.2. The molecule has 0 aliphatic rings. The van der Waals surface area contributed by atoms with Crippen molar-refractivity contribution < 1.29 is 4.79 Å². The molecule has 0 spiro atoms. The van der Waals surface area contributed by atoms with Crippen LogP contribution in [0.4, 0.5) is 0 Å². The van der Waals surface area contributed by atoms with Crippen molar-refractivity contribution in [2.24, 2.45) is 5.92 Å². The Hall–Kier alpha value is -2.38. The highest BCUT2D eigenvalue weighted by molar-refractivity contribution is 5.83. The second kappa shape index (κ2) is 7.46. The van der Waals surface area contributed by atoms with Crippen molar-refractivity contribution in [1.82, 2.24) is 10.2 Å². The third-order valence-corrected chi connectivity index (χ3v) is 4.47. The number of fused-ring (bicyclic) bond motifs is 1. The van der Waals surface area contributed by atoms with E-state index in [9.17, 15) is 10.1 Å². The van der Waals surface area contributed by atoms with Crippen LogP contribution in [0.2, 0.25) is 0 Å². The largest absolute Gasteiger partial charge is 0.337 e. The lowest BCUT2D eigenvalue weighted by Gasteiger charge is -2.28. The van der Waals surface area contributed by atoms with Crippen LogP contribution in [0.15, 0.2) is 42.5 Å². The van der Waals surface area contributed by atoms with E-state index in [0.29, 0.717) is 6.54 Å². The van der Waals surface area contributed by atoms with E-state index in [1.54, 1.807) is 6.92 Å². The van der Waals surface area contributed by atoms with Crippen LogP contribution in [0, 0.1) is 17.2 Å². The SMILES string of the molecule is CC(C)[C@@](C)(C#N)NC(=O)CN(C)Cc1ccc2ccccc2c1. The van der Waals surface area contributed by atoms with E-state index in [4.69, 9.17) is 0 Å². The molecule has 126 valence electrons. The first-order valence-electron chi connectivity index (χ1n) is 8.22. The molecule has 1 atom stereocenters. The van der Waals surface area contributed by atoms with Crippen molar-refractivity contribution in [1.29, 1.82) is 5.26 Å². The van der Waals surface area contributed by atoms with E-state index in [1.165, 1.54) is 10.8 Å². The summed E-state index contributed by atoms with van der Waals surface area (Å²) in [6.07, 6.45) is 0. The molecule has 0 bridgehead atoms. The van der Waals surface area contributed by atoms with Gasteiger partial charge >= 0.3 is 0 Å². The number of hydrogen-bond donors (Lipinski definition) is 1. The summed E-state index contributed by atoms with van der Waals surface area (Å²) in [6.45, 7) is 6.57. The van der Waals surface area contributed by atoms with E-state index in [0.717, 1.165) is 5.56 Å². The summed E-state index contributed by atoms with van der Waals surface area (Å²) in [5, 5.41) is 14.6. The number of nitrogens with zero attached hydrogens (tertiary/aromatic N) is 2. The zero-order valence-electron chi connectivity index (χ0n) is 14.8. The maximum absolute atomic E-state index is 12.2. The molecule has 4 nitrogen and oxygen atoms in total. The topological polar surface area (TPSA) is 56.1 Å². The molecule has 1 N–H and O–H groups in total. The number of nitrogens with one attached hydrogen (secondary N) is 1. The number of hydrogen-bond acceptors (Lipinski definition) is 3. The molecule has 0 radical (unpaired) electrons. The van der Waals surface area contributed by atoms with Crippen molar-refractivity contribution in [2.45, 2.75) is 32.9 Å². The number of carbonyl (C=O) groups is 1. The summed E-state index contributed by atoms with van der Waals surface area (Å²) >= 11 is 0. The average Bonchev–Trinajstić information content (AvgIpc) is 2.54. The Morgan fingerprint density at radius 2 is 1.92 bits per heavy atom. The Balaban J connectivity index is 1.98. The van der Waals surface area contributed by atoms with Crippen molar-refractivity contribution in [3.8, 4) is 6.07 Å². The Kier molecular flexibility index (Phi) is 5.58. The monoisotopic (exact) mass is 323 g/mol. The van der Waals surface area contributed by atoms with Crippen LogP contribution in [0.25, 0.3) is 10.8 Å². The van der Waals surface area contributed by atoms with Gasteiger partial charge in [-0.1, -0.05) is 50.2 Å². The number of amides is 1. The number of nitriles is 1. The molecular formula is C20H25N3O. The minimum absolute atomic E-state index is 0.0530. The van der Waals surface area contributed by atoms with Crippen LogP contribution in [0.5, 0.6) is 0 Å². The average molecular weight is 323 g/mol. The minimum Gasteiger partial charge on any atom is -0.337 e. The highest BCUT2D eigenvalue weighted by Crippen LogP contribution is 2.17. The molecule has 2 rings (SSSR count). The molecule has 0 fully saturated rings. The van der Waals surface area contributed by atoms with E-state index in [1.807, 2.05) is 37.9 Å². The molecule has 0 aliphatic heterocycles. The standard InChI is InChI=1S/C20H25N3O/c1-15(2)20(3,14-21)22-19(24)13-23(4)12-16-9-10-17-7-5-6-8-18(17)11-16/h5-11,15H,12-13H2,1-4H3,(H,22,24)/t20-/m1/s1. The van der Waals surface area contributed by atoms with Gasteiger partial charge in [-0.15, -0.1) is 0 Å². The summed E-state index contributed by atoms with van der Waals surface area (Å²) in [5.41, 5.74) is 0.330. The van der Waals surface area contributed by atoms with Gasteiger partial charge < -0.3 is 5.32 Å². The minimum atomic E-state index is -0.832. The smallest absolute Gasteiger partial charge is 0.235 e. The fourth-order valence-electron chi connectivity index (χ4n) is 2.58. The van der Waals surface area contributed by atoms with Gasteiger partial charge in [0.15, 0.2) is 0 Å². The van der Waals surface area contributed by atoms with E-state index >= 15 is 0 Å². The molecule has 0 saturated heterocycles. The van der Waals surface area contributed by atoms with Crippen molar-refractivity contribution in [2.75, 3.05) is 13.6 Å². The molecular weight excluding hydrogens is 298 g/mol. The number of carbonyl (C=O) groups excluding carboxylic acids is 1. The van der Waals surface area contributed by atoms with Gasteiger partial charge in [-0.05, 0) is 42.3 Å². The van der Waals surface area contributed by atoms with E-state index in [-0.39, 0.29) is 18.4 Å². The lowest BCUT2D eigenvalue weighted by Crippen LogP contribution is -2.51. The summed E-state index contributed by atoms with van der Waals surface area (Å²) in [6, 6.07) is 16.8. The lowest BCUT2D eigenvalue weighted by atomic mass is 9.90. The third kappa shape index (κ3) is 4.33. The molecule has 0 aliphatic carbocycles. The predicted molar refractivity (Wildman–Crippen MR) is 97.3 cm³/mol. The third-order valence-electron chi connectivity index (χ3n) is 4.47. The lowest BCUT2D eigenvalue weighted by molar-refractivity contribution is -0.123. The fourth-order valence-corrected chi connectivity index (χ4v) is 2.58. The first kappa shape index (κ1) is 18.0. The van der Waals surface area contributed by atoms with E-state index in [2.05, 4.69) is 41.7 Å². The second-order valence-corrected chi connectivity index (χ2v) is 6.87. The van der Waals surface area contributed by atoms with Gasteiger partial charge in [0.1, 0.15) is 5.54 Å². The maximum atomic E-state index is 12.2. The highest BCUT2D eigenvalue weighted by Gasteiger charge is 2.30. The quantitative estimate of drug-likeness (QED) is 0.887. The first-order valence-corrected chi connectivity index (χ1v) is 8.22. The normalized spacial score (nSPS) is 13.7. The zero-order valence-corrected chi connectivity index (χ0v) is 14.8. The maximum Gasteiger partial charge on any atom is 0.235 e. The zero-order chi connectivity index (χ0) is 17.7. The van der Waals surface area contributed by atoms with Crippen LogP contribution in [-0.2, 0) is 11.3 Å². The first-order chi connectivity index (χ1) is 11.3. The molecule has 1 amide bonds. The molecule has 2 aromatic rings. The molecule has 24 heavy (non-hydrogen) atoms. The number of benzene rings is 2.